The average Bonchev–Trinajstić information content (AvgIpc) is 3.23. The Bertz CT molecular complexity index is 836. The third-order valence-electron chi connectivity index (χ3n) is 5.59. The van der Waals surface area contributed by atoms with E-state index >= 15 is 0 Å². The zero-order valence-electron chi connectivity index (χ0n) is 16.7. The molecule has 1 atom stereocenters. The van der Waals surface area contributed by atoms with Crippen LogP contribution in [0.4, 0.5) is 0 Å². The van der Waals surface area contributed by atoms with Crippen molar-refractivity contribution in [2.75, 3.05) is 13.1 Å². The van der Waals surface area contributed by atoms with E-state index in [1.54, 1.807) is 11.6 Å². The van der Waals surface area contributed by atoms with Crippen LogP contribution in [0.1, 0.15) is 72.0 Å². The Morgan fingerprint density at radius 1 is 1.33 bits per heavy atom. The topological polar surface area (TPSA) is 83.9 Å². The molecule has 0 aliphatic carbocycles. The Morgan fingerprint density at radius 2 is 2.11 bits per heavy atom. The van der Waals surface area contributed by atoms with Gasteiger partial charge in [0.2, 0.25) is 5.91 Å². The van der Waals surface area contributed by atoms with Crippen LogP contribution in [0.15, 0.2) is 6.20 Å². The largest absolute Gasteiger partial charge is 0.342 e. The Hall–Kier alpha value is -2.44. The maximum absolute atomic E-state index is 12.8. The molecule has 146 valence electrons. The van der Waals surface area contributed by atoms with E-state index in [-0.39, 0.29) is 11.7 Å². The molecule has 1 saturated heterocycles. The summed E-state index contributed by atoms with van der Waals surface area (Å²) >= 11 is 0. The number of carbonyl (C=O) groups is 2. The quantitative estimate of drug-likeness (QED) is 0.792. The van der Waals surface area contributed by atoms with Crippen LogP contribution in [-0.4, -0.2) is 49.7 Å². The summed E-state index contributed by atoms with van der Waals surface area (Å²) in [5, 5.41) is 11.8. The number of aromatic nitrogens is 4. The Labute approximate surface area is 160 Å². The molecule has 1 aliphatic rings. The van der Waals surface area contributed by atoms with Gasteiger partial charge in [0, 0.05) is 43.4 Å². The zero-order valence-corrected chi connectivity index (χ0v) is 16.7. The molecule has 1 fully saturated rings. The van der Waals surface area contributed by atoms with Gasteiger partial charge in [-0.1, -0.05) is 6.92 Å². The summed E-state index contributed by atoms with van der Waals surface area (Å²) in [4.78, 5) is 26.5. The molecule has 0 bridgehead atoms. The summed E-state index contributed by atoms with van der Waals surface area (Å²) in [6.45, 7) is 9.47. The van der Waals surface area contributed by atoms with Crippen LogP contribution >= 0.6 is 0 Å². The van der Waals surface area contributed by atoms with Gasteiger partial charge in [0.25, 0.3) is 0 Å². The fourth-order valence-corrected chi connectivity index (χ4v) is 4.18. The predicted octanol–water partition coefficient (Wildman–Crippen LogP) is 2.78. The Balaban J connectivity index is 1.63. The number of aromatic amines is 1. The normalized spacial score (nSPS) is 17.3. The van der Waals surface area contributed by atoms with Gasteiger partial charge >= 0.3 is 0 Å². The first-order valence-electron chi connectivity index (χ1n) is 9.77. The van der Waals surface area contributed by atoms with Gasteiger partial charge in [-0.3, -0.25) is 19.4 Å². The fourth-order valence-electron chi connectivity index (χ4n) is 4.18. The molecule has 7 nitrogen and oxygen atoms in total. The van der Waals surface area contributed by atoms with Gasteiger partial charge in [-0.05, 0) is 45.6 Å². The van der Waals surface area contributed by atoms with Crippen LogP contribution < -0.4 is 0 Å². The van der Waals surface area contributed by atoms with E-state index in [2.05, 4.69) is 22.2 Å². The first-order chi connectivity index (χ1) is 12.9. The van der Waals surface area contributed by atoms with Crippen LogP contribution in [0.25, 0.3) is 0 Å². The van der Waals surface area contributed by atoms with Gasteiger partial charge in [-0.2, -0.15) is 10.2 Å². The number of aryl methyl sites for hydroxylation is 3. The van der Waals surface area contributed by atoms with Crippen LogP contribution in [0, 0.1) is 13.8 Å². The number of nitrogens with one attached hydrogen (secondary N) is 1. The van der Waals surface area contributed by atoms with Crippen molar-refractivity contribution in [3.05, 3.63) is 34.4 Å². The monoisotopic (exact) mass is 371 g/mol. The lowest BCUT2D eigenvalue weighted by molar-refractivity contribution is -0.132. The molecule has 7 heteroatoms. The third-order valence-corrected chi connectivity index (χ3v) is 5.59. The molecule has 0 aromatic carbocycles. The SMILES string of the molecule is CCc1cn[nH]c1[C@@H]1CCCN(C(=O)CCn2nc(C)c(C(C)=O)c2C)C1. The number of Topliss-reactive ketones (excluding diaryl/α,β-unsaturated/α-hetero) is 1. The first kappa shape index (κ1) is 19.3. The number of ketones is 1. The number of H-pyrrole nitrogens is 1. The second kappa shape index (κ2) is 8.06. The molecule has 2 aromatic heterocycles. The number of carbonyl (C=O) groups excluding carboxylic acids is 2. The minimum absolute atomic E-state index is 0.0211. The highest BCUT2D eigenvalue weighted by atomic mass is 16.2. The lowest BCUT2D eigenvalue weighted by Gasteiger charge is -2.33. The van der Waals surface area contributed by atoms with Gasteiger partial charge in [0.15, 0.2) is 5.78 Å². The second-order valence-corrected chi connectivity index (χ2v) is 7.42. The highest BCUT2D eigenvalue weighted by molar-refractivity contribution is 5.96. The predicted molar refractivity (Wildman–Crippen MR) is 103 cm³/mol. The van der Waals surface area contributed by atoms with E-state index in [0.717, 1.165) is 43.7 Å². The van der Waals surface area contributed by atoms with Crippen LogP contribution in [0.2, 0.25) is 0 Å². The third kappa shape index (κ3) is 3.96. The molecule has 2 aromatic rings. The van der Waals surface area contributed by atoms with E-state index in [4.69, 9.17) is 0 Å². The molecular formula is C20H29N5O2. The number of piperidine rings is 1. The van der Waals surface area contributed by atoms with Gasteiger partial charge in [0.1, 0.15) is 0 Å². The smallest absolute Gasteiger partial charge is 0.224 e. The minimum atomic E-state index is 0.0211. The molecule has 27 heavy (non-hydrogen) atoms. The zero-order chi connectivity index (χ0) is 19.6. The molecule has 1 aliphatic heterocycles. The minimum Gasteiger partial charge on any atom is -0.342 e. The lowest BCUT2D eigenvalue weighted by atomic mass is 9.92. The van der Waals surface area contributed by atoms with Crippen LogP contribution in [-0.2, 0) is 17.8 Å². The van der Waals surface area contributed by atoms with Crippen molar-refractivity contribution < 1.29 is 9.59 Å². The first-order valence-corrected chi connectivity index (χ1v) is 9.77. The molecule has 0 spiro atoms. The molecule has 3 heterocycles. The maximum Gasteiger partial charge on any atom is 0.224 e. The number of hydrogen-bond acceptors (Lipinski definition) is 4. The summed E-state index contributed by atoms with van der Waals surface area (Å²) in [6.07, 6.45) is 5.33. The van der Waals surface area contributed by atoms with E-state index in [1.165, 1.54) is 11.3 Å². The van der Waals surface area contributed by atoms with Gasteiger partial charge in [0.05, 0.1) is 17.5 Å². The van der Waals surface area contributed by atoms with Gasteiger partial charge in [-0.15, -0.1) is 0 Å². The highest BCUT2D eigenvalue weighted by Crippen LogP contribution is 2.28. The van der Waals surface area contributed by atoms with Crippen LogP contribution in [0.5, 0.6) is 0 Å². The Morgan fingerprint density at radius 3 is 2.78 bits per heavy atom. The lowest BCUT2D eigenvalue weighted by Crippen LogP contribution is -2.39. The van der Waals surface area contributed by atoms with E-state index < -0.39 is 0 Å². The second-order valence-electron chi connectivity index (χ2n) is 7.42. The fraction of sp³-hybridized carbons (Fsp3) is 0.600. The summed E-state index contributed by atoms with van der Waals surface area (Å²) < 4.78 is 1.79. The van der Waals surface area contributed by atoms with Gasteiger partial charge < -0.3 is 4.90 Å². The van der Waals surface area contributed by atoms with Gasteiger partial charge in [-0.25, -0.2) is 0 Å². The van der Waals surface area contributed by atoms with Crippen molar-refractivity contribution >= 4 is 11.7 Å². The van der Waals surface area contributed by atoms with E-state index in [0.29, 0.717) is 24.4 Å². The number of likely N-dealkylation sites (tertiary alicyclic amines) is 1. The number of rotatable bonds is 6. The number of hydrogen-bond donors (Lipinski definition) is 1. The molecular weight excluding hydrogens is 342 g/mol. The van der Waals surface area contributed by atoms with Crippen molar-refractivity contribution in [3.8, 4) is 0 Å². The molecule has 0 saturated carbocycles. The number of nitrogens with zero attached hydrogens (tertiary/aromatic N) is 4. The van der Waals surface area contributed by atoms with Crippen molar-refractivity contribution in [2.45, 2.75) is 65.8 Å². The van der Waals surface area contributed by atoms with Crippen molar-refractivity contribution in [1.29, 1.82) is 0 Å². The Kier molecular flexibility index (Phi) is 5.77. The number of amides is 1. The summed E-state index contributed by atoms with van der Waals surface area (Å²) in [5.74, 6) is 0.500. The summed E-state index contributed by atoms with van der Waals surface area (Å²) in [6, 6.07) is 0. The summed E-state index contributed by atoms with van der Waals surface area (Å²) in [5.41, 5.74) is 4.67. The maximum atomic E-state index is 12.8. The standard InChI is InChI=1S/C20H29N5O2/c1-5-16-11-21-22-20(16)17-7-6-9-24(12-17)18(27)8-10-25-14(3)19(15(4)26)13(2)23-25/h11,17H,5-10,12H2,1-4H3,(H,21,22)/t17-/m1/s1. The summed E-state index contributed by atoms with van der Waals surface area (Å²) in [7, 11) is 0. The molecule has 1 amide bonds. The van der Waals surface area contributed by atoms with Crippen molar-refractivity contribution in [3.63, 3.8) is 0 Å². The molecule has 3 rings (SSSR count). The highest BCUT2D eigenvalue weighted by Gasteiger charge is 2.27. The molecule has 0 radical (unpaired) electrons. The van der Waals surface area contributed by atoms with Crippen molar-refractivity contribution in [2.24, 2.45) is 0 Å². The van der Waals surface area contributed by atoms with Crippen molar-refractivity contribution in [1.82, 2.24) is 24.9 Å². The average molecular weight is 371 g/mol. The molecule has 1 N–H and O–H groups in total. The molecule has 0 unspecified atom stereocenters. The van der Waals surface area contributed by atoms with E-state index in [9.17, 15) is 9.59 Å². The van der Waals surface area contributed by atoms with Crippen LogP contribution in [0.3, 0.4) is 0 Å². The van der Waals surface area contributed by atoms with E-state index in [1.807, 2.05) is 24.9 Å².